The van der Waals surface area contributed by atoms with Crippen LogP contribution >= 0.6 is 0 Å². The number of aromatic nitrogens is 3. The normalized spacial score (nSPS) is 41.7. The van der Waals surface area contributed by atoms with Gasteiger partial charge in [0.15, 0.2) is 0 Å². The molecular weight excluding hydrogens is 236 g/mol. The van der Waals surface area contributed by atoms with Gasteiger partial charge in [-0.05, 0) is 69.6 Å². The van der Waals surface area contributed by atoms with Gasteiger partial charge in [-0.15, -0.1) is 10.2 Å². The highest BCUT2D eigenvalue weighted by Crippen LogP contribution is 2.58. The molecule has 4 nitrogen and oxygen atoms in total. The molecule has 4 bridgehead atoms. The molecule has 4 saturated carbocycles. The largest absolute Gasteiger partial charge is 0.322 e. The molecular formula is C15H24N4. The first-order valence-corrected chi connectivity index (χ1v) is 7.80. The van der Waals surface area contributed by atoms with E-state index in [4.69, 9.17) is 5.73 Å². The minimum Gasteiger partial charge on any atom is -0.322 e. The van der Waals surface area contributed by atoms with Crippen LogP contribution in [0.1, 0.15) is 62.8 Å². The minimum absolute atomic E-state index is 0.0154. The Hall–Kier alpha value is -0.900. The number of aryl methyl sites for hydroxylation is 1. The molecule has 1 unspecified atom stereocenters. The molecule has 1 atom stereocenters. The van der Waals surface area contributed by atoms with Crippen molar-refractivity contribution in [2.75, 3.05) is 0 Å². The fourth-order valence-corrected chi connectivity index (χ4v) is 5.38. The number of nitrogens with two attached hydrogens (primary N) is 1. The van der Waals surface area contributed by atoms with E-state index in [1.165, 1.54) is 32.1 Å². The second-order valence-corrected chi connectivity index (χ2v) is 7.19. The molecule has 4 heteroatoms. The van der Waals surface area contributed by atoms with Gasteiger partial charge in [0, 0.05) is 6.04 Å². The Morgan fingerprint density at radius 1 is 1.05 bits per heavy atom. The van der Waals surface area contributed by atoms with Crippen molar-refractivity contribution in [1.29, 1.82) is 0 Å². The van der Waals surface area contributed by atoms with Gasteiger partial charge in [-0.25, -0.2) is 0 Å². The van der Waals surface area contributed by atoms with Crippen LogP contribution in [0.15, 0.2) is 0 Å². The predicted molar refractivity (Wildman–Crippen MR) is 73.4 cm³/mol. The maximum absolute atomic E-state index is 6.10. The van der Waals surface area contributed by atoms with E-state index in [-0.39, 0.29) is 6.04 Å². The van der Waals surface area contributed by atoms with Gasteiger partial charge in [0.1, 0.15) is 11.6 Å². The highest BCUT2D eigenvalue weighted by atomic mass is 15.3. The smallest absolute Gasteiger partial charge is 0.149 e. The van der Waals surface area contributed by atoms with Gasteiger partial charge >= 0.3 is 0 Å². The van der Waals surface area contributed by atoms with Crippen molar-refractivity contribution in [2.24, 2.45) is 29.4 Å². The average molecular weight is 260 g/mol. The lowest BCUT2D eigenvalue weighted by molar-refractivity contribution is -0.0311. The van der Waals surface area contributed by atoms with Crippen LogP contribution < -0.4 is 5.73 Å². The molecule has 104 valence electrons. The second kappa shape index (κ2) is 4.05. The predicted octanol–water partition coefficient (Wildman–Crippen LogP) is 2.60. The van der Waals surface area contributed by atoms with Gasteiger partial charge in [0.05, 0.1) is 6.04 Å². The van der Waals surface area contributed by atoms with E-state index in [2.05, 4.69) is 21.7 Å². The van der Waals surface area contributed by atoms with Crippen molar-refractivity contribution < 1.29 is 0 Å². The van der Waals surface area contributed by atoms with Crippen LogP contribution in [-0.4, -0.2) is 14.8 Å². The van der Waals surface area contributed by atoms with Crippen molar-refractivity contribution in [1.82, 2.24) is 14.8 Å². The van der Waals surface area contributed by atoms with E-state index in [1.54, 1.807) is 0 Å². The van der Waals surface area contributed by atoms with E-state index in [9.17, 15) is 0 Å². The quantitative estimate of drug-likeness (QED) is 0.889. The number of rotatable bonds is 2. The standard InChI is InChI=1S/C15H24N4/c1-8(16)15-18-17-9(2)19(15)14-12-4-10-3-11(6-12)7-13(14)5-10/h8,10-14H,3-7,16H2,1-2H3. The van der Waals surface area contributed by atoms with E-state index in [0.29, 0.717) is 6.04 Å². The molecule has 0 saturated heterocycles. The lowest BCUT2D eigenvalue weighted by Gasteiger charge is -2.55. The first-order valence-electron chi connectivity index (χ1n) is 7.80. The van der Waals surface area contributed by atoms with Crippen molar-refractivity contribution in [3.63, 3.8) is 0 Å². The number of nitrogens with zero attached hydrogens (tertiary/aromatic N) is 3. The molecule has 5 rings (SSSR count). The Balaban J connectivity index is 1.75. The second-order valence-electron chi connectivity index (χ2n) is 7.19. The summed E-state index contributed by atoms with van der Waals surface area (Å²) in [6, 6.07) is 0.613. The molecule has 4 fully saturated rings. The molecule has 2 N–H and O–H groups in total. The first-order chi connectivity index (χ1) is 9.13. The van der Waals surface area contributed by atoms with Crippen molar-refractivity contribution >= 4 is 0 Å². The molecule has 0 spiro atoms. The van der Waals surface area contributed by atoms with Gasteiger partial charge in [0.2, 0.25) is 0 Å². The van der Waals surface area contributed by atoms with Gasteiger partial charge < -0.3 is 10.3 Å². The van der Waals surface area contributed by atoms with Crippen LogP contribution in [0.5, 0.6) is 0 Å². The molecule has 1 heterocycles. The van der Waals surface area contributed by atoms with E-state index >= 15 is 0 Å². The maximum Gasteiger partial charge on any atom is 0.149 e. The fraction of sp³-hybridized carbons (Fsp3) is 0.867. The van der Waals surface area contributed by atoms with Gasteiger partial charge in [-0.2, -0.15) is 0 Å². The van der Waals surface area contributed by atoms with Crippen LogP contribution in [0.25, 0.3) is 0 Å². The summed E-state index contributed by atoms with van der Waals surface area (Å²) in [6.45, 7) is 4.11. The van der Waals surface area contributed by atoms with Crippen molar-refractivity contribution in [3.05, 3.63) is 11.6 Å². The summed E-state index contributed by atoms with van der Waals surface area (Å²) in [6.07, 6.45) is 7.20. The minimum atomic E-state index is -0.0154. The first kappa shape index (κ1) is 11.9. The Bertz CT molecular complexity index is 462. The van der Waals surface area contributed by atoms with Gasteiger partial charge in [-0.3, -0.25) is 0 Å². The Morgan fingerprint density at radius 3 is 2.16 bits per heavy atom. The summed E-state index contributed by atoms with van der Waals surface area (Å²) >= 11 is 0. The van der Waals surface area contributed by atoms with Gasteiger partial charge in [-0.1, -0.05) is 0 Å². The number of hydrogen-bond donors (Lipinski definition) is 1. The molecule has 1 aromatic heterocycles. The van der Waals surface area contributed by atoms with E-state index < -0.39 is 0 Å². The third kappa shape index (κ3) is 1.69. The lowest BCUT2D eigenvalue weighted by Crippen LogP contribution is -2.46. The van der Waals surface area contributed by atoms with E-state index in [1.807, 2.05) is 6.92 Å². The van der Waals surface area contributed by atoms with Crippen LogP contribution in [0.4, 0.5) is 0 Å². The highest BCUT2D eigenvalue weighted by molar-refractivity contribution is 5.08. The zero-order valence-electron chi connectivity index (χ0n) is 11.9. The molecule has 0 aliphatic heterocycles. The fourth-order valence-electron chi connectivity index (χ4n) is 5.38. The van der Waals surface area contributed by atoms with Crippen LogP contribution in [0, 0.1) is 30.6 Å². The third-order valence-corrected chi connectivity index (χ3v) is 5.78. The molecule has 0 aromatic carbocycles. The van der Waals surface area contributed by atoms with Crippen LogP contribution in [0.2, 0.25) is 0 Å². The Kier molecular flexibility index (Phi) is 2.53. The summed E-state index contributed by atoms with van der Waals surface area (Å²) in [5.74, 6) is 5.77. The van der Waals surface area contributed by atoms with Crippen molar-refractivity contribution in [2.45, 2.75) is 58.0 Å². The molecule has 0 amide bonds. The third-order valence-electron chi connectivity index (χ3n) is 5.78. The molecule has 1 aromatic rings. The molecule has 4 aliphatic carbocycles. The zero-order valence-corrected chi connectivity index (χ0v) is 11.9. The van der Waals surface area contributed by atoms with Gasteiger partial charge in [0.25, 0.3) is 0 Å². The monoisotopic (exact) mass is 260 g/mol. The van der Waals surface area contributed by atoms with Crippen LogP contribution in [-0.2, 0) is 0 Å². The van der Waals surface area contributed by atoms with E-state index in [0.717, 1.165) is 35.3 Å². The van der Waals surface area contributed by atoms with Crippen molar-refractivity contribution in [3.8, 4) is 0 Å². The molecule has 19 heavy (non-hydrogen) atoms. The Labute approximate surface area is 114 Å². The zero-order chi connectivity index (χ0) is 13.1. The van der Waals surface area contributed by atoms with Crippen LogP contribution in [0.3, 0.4) is 0 Å². The summed E-state index contributed by atoms with van der Waals surface area (Å²) in [5.41, 5.74) is 6.10. The average Bonchev–Trinajstić information content (AvgIpc) is 2.70. The summed E-state index contributed by atoms with van der Waals surface area (Å²) in [7, 11) is 0. The SMILES string of the molecule is Cc1nnc(C(C)N)n1C1C2CC3CC(C2)CC1C3. The lowest BCUT2D eigenvalue weighted by atomic mass is 9.54. The topological polar surface area (TPSA) is 56.7 Å². The highest BCUT2D eigenvalue weighted by Gasteiger charge is 2.49. The summed E-state index contributed by atoms with van der Waals surface area (Å²) < 4.78 is 2.40. The summed E-state index contributed by atoms with van der Waals surface area (Å²) in [5, 5.41) is 8.64. The maximum atomic E-state index is 6.10. The Morgan fingerprint density at radius 2 is 1.63 bits per heavy atom. The number of hydrogen-bond acceptors (Lipinski definition) is 3. The molecule has 4 aliphatic rings. The summed E-state index contributed by atoms with van der Waals surface area (Å²) in [4.78, 5) is 0. The molecule has 0 radical (unpaired) electrons.